The van der Waals surface area contributed by atoms with Gasteiger partial charge in [-0.25, -0.2) is 9.78 Å². The van der Waals surface area contributed by atoms with Crippen LogP contribution in [0, 0.1) is 0 Å². The zero-order chi connectivity index (χ0) is 14.5. The van der Waals surface area contributed by atoms with Crippen molar-refractivity contribution in [2.45, 2.75) is 0 Å². The normalized spacial score (nSPS) is 10.7. The summed E-state index contributed by atoms with van der Waals surface area (Å²) in [5, 5.41) is 11.3. The maximum atomic E-state index is 11.7. The van der Waals surface area contributed by atoms with Gasteiger partial charge < -0.3 is 10.4 Å². The number of carbonyl (C=O) groups excluding carboxylic acids is 1. The summed E-state index contributed by atoms with van der Waals surface area (Å²) in [6.45, 7) is 0. The molecule has 2 heterocycles. The summed E-state index contributed by atoms with van der Waals surface area (Å²) in [6.07, 6.45) is 4.27. The lowest BCUT2D eigenvalue weighted by Crippen LogP contribution is -2.10. The van der Waals surface area contributed by atoms with Crippen molar-refractivity contribution in [3.05, 3.63) is 51.3 Å². The predicted molar refractivity (Wildman–Crippen MR) is 78.2 cm³/mol. The number of aromatic nitrogens is 1. The van der Waals surface area contributed by atoms with E-state index in [0.717, 1.165) is 4.88 Å². The Balaban J connectivity index is 2.02. The summed E-state index contributed by atoms with van der Waals surface area (Å²) in [6, 6.07) is 6.17. The summed E-state index contributed by atoms with van der Waals surface area (Å²) in [5.41, 5.74) is 0.0596. The van der Waals surface area contributed by atoms with Crippen LogP contribution in [0.15, 0.2) is 36.5 Å². The highest BCUT2D eigenvalue weighted by atomic mass is 35.5. The number of carbonyl (C=O) groups is 2. The number of amides is 1. The van der Waals surface area contributed by atoms with Crippen LogP contribution in [0.5, 0.6) is 0 Å². The molecule has 0 unspecified atom stereocenters. The molecule has 1 amide bonds. The maximum Gasteiger partial charge on any atom is 0.335 e. The summed E-state index contributed by atoms with van der Waals surface area (Å²) in [5.74, 6) is -1.29. The van der Waals surface area contributed by atoms with Gasteiger partial charge in [-0.2, -0.15) is 0 Å². The molecule has 0 radical (unpaired) electrons. The van der Waals surface area contributed by atoms with E-state index in [2.05, 4.69) is 10.3 Å². The molecule has 0 saturated heterocycles. The quantitative estimate of drug-likeness (QED) is 0.850. The highest BCUT2D eigenvalue weighted by Crippen LogP contribution is 2.22. The second-order valence-corrected chi connectivity index (χ2v) is 5.45. The second-order valence-electron chi connectivity index (χ2n) is 3.70. The molecule has 0 saturated carbocycles. The SMILES string of the molecule is O=C(C=Cc1ccc(Cl)s1)Nc1cc(C(=O)O)ccn1. The highest BCUT2D eigenvalue weighted by Gasteiger charge is 2.05. The Morgan fingerprint density at radius 1 is 1.35 bits per heavy atom. The number of carboxylic acids is 1. The van der Waals surface area contributed by atoms with Gasteiger partial charge in [0.2, 0.25) is 5.91 Å². The number of thiophene rings is 1. The third kappa shape index (κ3) is 3.91. The molecule has 0 aliphatic rings. The molecule has 2 N–H and O–H groups in total. The molecule has 0 spiro atoms. The maximum absolute atomic E-state index is 11.7. The van der Waals surface area contributed by atoms with Gasteiger partial charge in [0, 0.05) is 17.2 Å². The van der Waals surface area contributed by atoms with Gasteiger partial charge in [0.1, 0.15) is 5.82 Å². The first kappa shape index (κ1) is 14.2. The first-order valence-electron chi connectivity index (χ1n) is 5.48. The van der Waals surface area contributed by atoms with Crippen molar-refractivity contribution in [2.24, 2.45) is 0 Å². The monoisotopic (exact) mass is 308 g/mol. The number of carboxylic acid groups (broad SMARTS) is 1. The molecule has 0 bridgehead atoms. The molecule has 0 aliphatic carbocycles. The van der Waals surface area contributed by atoms with Crippen LogP contribution < -0.4 is 5.32 Å². The van der Waals surface area contributed by atoms with Crippen LogP contribution in [0.25, 0.3) is 6.08 Å². The Bertz CT molecular complexity index is 682. The number of halogens is 1. The molecule has 2 rings (SSSR count). The van der Waals surface area contributed by atoms with E-state index in [4.69, 9.17) is 16.7 Å². The van der Waals surface area contributed by atoms with Crippen molar-refractivity contribution in [1.82, 2.24) is 4.98 Å². The van der Waals surface area contributed by atoms with Crippen LogP contribution in [-0.2, 0) is 4.79 Å². The minimum Gasteiger partial charge on any atom is -0.478 e. The van der Waals surface area contributed by atoms with Gasteiger partial charge >= 0.3 is 5.97 Å². The van der Waals surface area contributed by atoms with Gasteiger partial charge in [-0.1, -0.05) is 11.6 Å². The zero-order valence-corrected chi connectivity index (χ0v) is 11.6. The lowest BCUT2D eigenvalue weighted by atomic mass is 10.2. The van der Waals surface area contributed by atoms with E-state index in [1.807, 2.05) is 0 Å². The van der Waals surface area contributed by atoms with Crippen LogP contribution in [0.2, 0.25) is 4.34 Å². The van der Waals surface area contributed by atoms with E-state index in [0.29, 0.717) is 4.34 Å². The van der Waals surface area contributed by atoms with Gasteiger partial charge in [-0.05, 0) is 30.3 Å². The Kier molecular flexibility index (Phi) is 4.49. The van der Waals surface area contributed by atoms with E-state index in [1.165, 1.54) is 35.7 Å². The average Bonchev–Trinajstić information content (AvgIpc) is 2.82. The van der Waals surface area contributed by atoms with Gasteiger partial charge in [-0.3, -0.25) is 4.79 Å². The molecular weight excluding hydrogens is 300 g/mol. The number of hydrogen-bond donors (Lipinski definition) is 2. The van der Waals surface area contributed by atoms with Crippen molar-refractivity contribution in [1.29, 1.82) is 0 Å². The number of anilines is 1. The van der Waals surface area contributed by atoms with Crippen LogP contribution in [0.1, 0.15) is 15.2 Å². The summed E-state index contributed by atoms with van der Waals surface area (Å²) < 4.78 is 0.640. The minimum atomic E-state index is -1.08. The zero-order valence-electron chi connectivity index (χ0n) is 10.0. The fourth-order valence-electron chi connectivity index (χ4n) is 1.38. The fraction of sp³-hybridized carbons (Fsp3) is 0. The van der Waals surface area contributed by atoms with E-state index in [9.17, 15) is 9.59 Å². The summed E-state index contributed by atoms with van der Waals surface area (Å²) in [7, 11) is 0. The van der Waals surface area contributed by atoms with Crippen molar-refractivity contribution < 1.29 is 14.7 Å². The molecular formula is C13H9ClN2O3S. The molecule has 2 aromatic rings. The Hall–Kier alpha value is -2.18. The lowest BCUT2D eigenvalue weighted by Gasteiger charge is -2.01. The van der Waals surface area contributed by atoms with Crippen LogP contribution in [-0.4, -0.2) is 22.0 Å². The molecule has 7 heteroatoms. The molecule has 102 valence electrons. The summed E-state index contributed by atoms with van der Waals surface area (Å²) in [4.78, 5) is 27.2. The topological polar surface area (TPSA) is 79.3 Å². The Morgan fingerprint density at radius 3 is 2.80 bits per heavy atom. The fourth-order valence-corrected chi connectivity index (χ4v) is 2.34. The molecule has 20 heavy (non-hydrogen) atoms. The Labute approximate surface area is 123 Å². The molecule has 0 atom stereocenters. The molecule has 0 aliphatic heterocycles. The molecule has 0 aromatic carbocycles. The standard InChI is InChI=1S/C13H9ClN2O3S/c14-10-3-1-9(20-10)2-4-12(17)16-11-7-8(13(18)19)5-6-15-11/h1-7H,(H,18,19)(H,15,16,17). The molecule has 0 fully saturated rings. The smallest absolute Gasteiger partial charge is 0.335 e. The van der Waals surface area contributed by atoms with Crippen LogP contribution in [0.4, 0.5) is 5.82 Å². The van der Waals surface area contributed by atoms with Gasteiger partial charge in [-0.15, -0.1) is 11.3 Å². The number of aromatic carboxylic acids is 1. The third-order valence-corrected chi connectivity index (χ3v) is 3.45. The van der Waals surface area contributed by atoms with Crippen molar-refractivity contribution >= 4 is 46.7 Å². The second kappa shape index (κ2) is 6.31. The summed E-state index contributed by atoms with van der Waals surface area (Å²) >= 11 is 7.12. The van der Waals surface area contributed by atoms with E-state index < -0.39 is 11.9 Å². The first-order valence-corrected chi connectivity index (χ1v) is 6.68. The number of pyridine rings is 1. The number of hydrogen-bond acceptors (Lipinski definition) is 4. The van der Waals surface area contributed by atoms with E-state index in [1.54, 1.807) is 18.2 Å². The molecule has 2 aromatic heterocycles. The van der Waals surface area contributed by atoms with Crippen LogP contribution >= 0.6 is 22.9 Å². The average molecular weight is 309 g/mol. The van der Waals surface area contributed by atoms with Crippen LogP contribution in [0.3, 0.4) is 0 Å². The van der Waals surface area contributed by atoms with Gasteiger partial charge in [0.15, 0.2) is 0 Å². The predicted octanol–water partition coefficient (Wildman–Crippen LogP) is 3.15. The van der Waals surface area contributed by atoms with Gasteiger partial charge in [0.05, 0.1) is 9.90 Å². The number of rotatable bonds is 4. The first-order chi connectivity index (χ1) is 9.54. The highest BCUT2D eigenvalue weighted by molar-refractivity contribution is 7.17. The third-order valence-electron chi connectivity index (χ3n) is 2.25. The lowest BCUT2D eigenvalue weighted by molar-refractivity contribution is -0.111. The number of nitrogens with zero attached hydrogens (tertiary/aromatic N) is 1. The van der Waals surface area contributed by atoms with Crippen molar-refractivity contribution in [2.75, 3.05) is 5.32 Å². The Morgan fingerprint density at radius 2 is 2.15 bits per heavy atom. The molecule has 5 nitrogen and oxygen atoms in total. The van der Waals surface area contributed by atoms with E-state index >= 15 is 0 Å². The van der Waals surface area contributed by atoms with E-state index in [-0.39, 0.29) is 11.4 Å². The van der Waals surface area contributed by atoms with Crippen molar-refractivity contribution in [3.63, 3.8) is 0 Å². The minimum absolute atomic E-state index is 0.0596. The van der Waals surface area contributed by atoms with Gasteiger partial charge in [0.25, 0.3) is 0 Å². The van der Waals surface area contributed by atoms with Crippen molar-refractivity contribution in [3.8, 4) is 0 Å². The number of nitrogens with one attached hydrogen (secondary N) is 1. The largest absolute Gasteiger partial charge is 0.478 e.